The predicted octanol–water partition coefficient (Wildman–Crippen LogP) is 0.891. The molecule has 0 unspecified atom stereocenters. The van der Waals surface area contributed by atoms with E-state index in [1.54, 1.807) is 0 Å². The number of rotatable bonds is 2. The Bertz CT molecular complexity index is 341. The second-order valence-electron chi connectivity index (χ2n) is 2.37. The van der Waals surface area contributed by atoms with E-state index in [1.165, 1.54) is 12.3 Å². The first-order valence-electron chi connectivity index (χ1n) is 3.40. The topological polar surface area (TPSA) is 96.4 Å². The summed E-state index contributed by atoms with van der Waals surface area (Å²) in [6, 6.07) is 1.25. The van der Waals surface area contributed by atoms with E-state index in [4.69, 9.17) is 15.9 Å². The quantitative estimate of drug-likeness (QED) is 0.587. The number of pyridine rings is 1. The molecule has 68 valence electrons. The van der Waals surface area contributed by atoms with Gasteiger partial charge in [0.2, 0.25) is 0 Å². The van der Waals surface area contributed by atoms with Gasteiger partial charge in [-0.2, -0.15) is 0 Å². The number of nitrogens with two attached hydrogens (primary N) is 1. The number of aromatic carboxylic acids is 1. The van der Waals surface area contributed by atoms with Crippen molar-refractivity contribution >= 4 is 17.4 Å². The summed E-state index contributed by atoms with van der Waals surface area (Å²) in [4.78, 5) is 14.3. The van der Waals surface area contributed by atoms with Crippen LogP contribution in [0.15, 0.2) is 18.8 Å². The second-order valence-corrected chi connectivity index (χ2v) is 2.37. The average molecular weight is 180 g/mol. The lowest BCUT2D eigenvalue weighted by molar-refractivity contribution is 0.0698. The summed E-state index contributed by atoms with van der Waals surface area (Å²) in [5.41, 5.74) is 5.24. The summed E-state index contributed by atoms with van der Waals surface area (Å²) in [5.74, 6) is -1.51. The minimum atomic E-state index is -1.16. The number of carbonyl (C=O) groups is 1. The van der Waals surface area contributed by atoms with E-state index in [0.717, 1.165) is 0 Å². The van der Waals surface area contributed by atoms with Crippen LogP contribution in [0.4, 0.5) is 5.69 Å². The van der Waals surface area contributed by atoms with Crippen LogP contribution in [0.3, 0.4) is 0 Å². The number of nitrogens with zero attached hydrogens (tertiary/aromatic N) is 1. The number of hydrogen-bond donors (Lipinski definition) is 3. The molecule has 1 aromatic heterocycles. The van der Waals surface area contributed by atoms with Crippen molar-refractivity contribution in [3.8, 4) is 0 Å². The summed E-state index contributed by atoms with van der Waals surface area (Å²) in [5, 5.41) is 17.6. The zero-order valence-electron chi connectivity index (χ0n) is 6.69. The Morgan fingerprint density at radius 1 is 1.54 bits per heavy atom. The van der Waals surface area contributed by atoms with Gasteiger partial charge in [-0.25, -0.2) is 4.79 Å². The van der Waals surface area contributed by atoms with E-state index in [2.05, 4.69) is 11.6 Å². The zero-order valence-corrected chi connectivity index (χ0v) is 6.69. The third kappa shape index (κ3) is 1.58. The molecular weight excluding hydrogens is 172 g/mol. The molecule has 5 heteroatoms. The standard InChI is InChI=1S/C8H8N2O3/c1-4(11)7-6(9)5(8(12)13)2-3-10-7/h2-3,11H,1,9H2,(H,12,13). The smallest absolute Gasteiger partial charge is 0.337 e. The van der Waals surface area contributed by atoms with Crippen LogP contribution in [0.25, 0.3) is 5.76 Å². The van der Waals surface area contributed by atoms with Crippen molar-refractivity contribution in [2.45, 2.75) is 0 Å². The van der Waals surface area contributed by atoms with E-state index in [-0.39, 0.29) is 22.7 Å². The Morgan fingerprint density at radius 2 is 2.15 bits per heavy atom. The van der Waals surface area contributed by atoms with Gasteiger partial charge in [-0.3, -0.25) is 4.98 Å². The highest BCUT2D eigenvalue weighted by Crippen LogP contribution is 2.19. The number of nitrogen functional groups attached to an aromatic ring is 1. The Labute approximate surface area is 74.1 Å². The van der Waals surface area contributed by atoms with Crippen LogP contribution in [0.1, 0.15) is 16.1 Å². The third-order valence-corrected chi connectivity index (χ3v) is 1.49. The van der Waals surface area contributed by atoms with Crippen molar-refractivity contribution in [2.24, 2.45) is 0 Å². The largest absolute Gasteiger partial charge is 0.506 e. The molecule has 1 rings (SSSR count). The van der Waals surface area contributed by atoms with Crippen LogP contribution in [-0.4, -0.2) is 21.2 Å². The van der Waals surface area contributed by atoms with Crippen LogP contribution in [0.2, 0.25) is 0 Å². The van der Waals surface area contributed by atoms with Crippen LogP contribution >= 0.6 is 0 Å². The molecule has 0 aliphatic heterocycles. The maximum Gasteiger partial charge on any atom is 0.337 e. The van der Waals surface area contributed by atoms with E-state index in [9.17, 15) is 4.79 Å². The van der Waals surface area contributed by atoms with Gasteiger partial charge in [0.15, 0.2) is 0 Å². The van der Waals surface area contributed by atoms with Crippen LogP contribution < -0.4 is 5.73 Å². The predicted molar refractivity (Wildman–Crippen MR) is 47.3 cm³/mol. The summed E-state index contributed by atoms with van der Waals surface area (Å²) in [6.07, 6.45) is 1.25. The van der Waals surface area contributed by atoms with Gasteiger partial charge in [0.1, 0.15) is 11.5 Å². The van der Waals surface area contributed by atoms with Crippen molar-refractivity contribution in [1.82, 2.24) is 4.98 Å². The lowest BCUT2D eigenvalue weighted by atomic mass is 10.1. The van der Waals surface area contributed by atoms with Gasteiger partial charge >= 0.3 is 5.97 Å². The molecule has 0 aliphatic carbocycles. The Hall–Kier alpha value is -2.04. The van der Waals surface area contributed by atoms with Crippen molar-refractivity contribution in [1.29, 1.82) is 0 Å². The number of aliphatic hydroxyl groups is 1. The highest BCUT2D eigenvalue weighted by Gasteiger charge is 2.13. The minimum Gasteiger partial charge on any atom is -0.506 e. The summed E-state index contributed by atoms with van der Waals surface area (Å²) >= 11 is 0. The maximum absolute atomic E-state index is 10.6. The van der Waals surface area contributed by atoms with Crippen LogP contribution in [0.5, 0.6) is 0 Å². The molecule has 0 saturated heterocycles. The highest BCUT2D eigenvalue weighted by molar-refractivity contribution is 5.95. The monoisotopic (exact) mass is 180 g/mol. The minimum absolute atomic E-state index is 0.0000926. The lowest BCUT2D eigenvalue weighted by Gasteiger charge is -2.04. The van der Waals surface area contributed by atoms with Crippen molar-refractivity contribution < 1.29 is 15.0 Å². The highest BCUT2D eigenvalue weighted by atomic mass is 16.4. The normalized spacial score (nSPS) is 9.54. The van der Waals surface area contributed by atoms with Crippen molar-refractivity contribution in [2.75, 3.05) is 5.73 Å². The first kappa shape index (κ1) is 9.05. The first-order valence-corrected chi connectivity index (χ1v) is 3.40. The molecule has 4 N–H and O–H groups in total. The van der Waals surface area contributed by atoms with Gasteiger partial charge in [0.05, 0.1) is 11.3 Å². The third-order valence-electron chi connectivity index (χ3n) is 1.49. The van der Waals surface area contributed by atoms with E-state index in [1.807, 2.05) is 0 Å². The number of carboxylic acid groups (broad SMARTS) is 1. The molecule has 1 heterocycles. The number of aliphatic hydroxyl groups excluding tert-OH is 1. The molecule has 0 aromatic carbocycles. The molecule has 0 amide bonds. The molecule has 5 nitrogen and oxygen atoms in total. The number of anilines is 1. The SMILES string of the molecule is C=C(O)c1nccc(C(=O)O)c1N. The molecular formula is C8H8N2O3. The van der Waals surface area contributed by atoms with Gasteiger partial charge in [-0.15, -0.1) is 0 Å². The van der Waals surface area contributed by atoms with E-state index >= 15 is 0 Å². The molecule has 13 heavy (non-hydrogen) atoms. The average Bonchev–Trinajstić information content (AvgIpc) is 2.03. The Balaban J connectivity index is 3.35. The summed E-state index contributed by atoms with van der Waals surface area (Å²) in [6.45, 7) is 3.21. The second kappa shape index (κ2) is 3.14. The molecule has 0 bridgehead atoms. The summed E-state index contributed by atoms with van der Waals surface area (Å²) in [7, 11) is 0. The number of hydrogen-bond acceptors (Lipinski definition) is 4. The van der Waals surface area contributed by atoms with Gasteiger partial charge in [0, 0.05) is 6.20 Å². The lowest BCUT2D eigenvalue weighted by Crippen LogP contribution is -2.06. The zero-order chi connectivity index (χ0) is 10.0. The molecule has 0 atom stereocenters. The Morgan fingerprint density at radius 3 is 2.62 bits per heavy atom. The molecule has 0 radical (unpaired) electrons. The van der Waals surface area contributed by atoms with E-state index < -0.39 is 5.97 Å². The van der Waals surface area contributed by atoms with Gasteiger partial charge in [0.25, 0.3) is 0 Å². The number of aromatic nitrogens is 1. The van der Waals surface area contributed by atoms with Crippen LogP contribution in [0, 0.1) is 0 Å². The molecule has 0 saturated carbocycles. The fraction of sp³-hybridized carbons (Fsp3) is 0. The van der Waals surface area contributed by atoms with Crippen molar-refractivity contribution in [3.63, 3.8) is 0 Å². The maximum atomic E-state index is 10.6. The van der Waals surface area contributed by atoms with Crippen LogP contribution in [-0.2, 0) is 0 Å². The Kier molecular flexibility index (Phi) is 2.19. The molecule has 0 aliphatic rings. The van der Waals surface area contributed by atoms with E-state index in [0.29, 0.717) is 0 Å². The molecule has 1 aromatic rings. The fourth-order valence-corrected chi connectivity index (χ4v) is 0.890. The molecule has 0 fully saturated rings. The van der Waals surface area contributed by atoms with Crippen molar-refractivity contribution in [3.05, 3.63) is 30.1 Å². The fourth-order valence-electron chi connectivity index (χ4n) is 0.890. The summed E-state index contributed by atoms with van der Waals surface area (Å²) < 4.78 is 0. The van der Waals surface area contributed by atoms with Gasteiger partial charge in [-0.05, 0) is 6.07 Å². The van der Waals surface area contributed by atoms with Gasteiger partial charge in [-0.1, -0.05) is 6.58 Å². The number of carboxylic acids is 1. The molecule has 0 spiro atoms. The van der Waals surface area contributed by atoms with Gasteiger partial charge < -0.3 is 15.9 Å². The first-order chi connectivity index (χ1) is 6.04.